The highest BCUT2D eigenvalue weighted by molar-refractivity contribution is 7.92. The van der Waals surface area contributed by atoms with Gasteiger partial charge in [0.2, 0.25) is 15.7 Å². The first-order valence-electron chi connectivity index (χ1n) is 7.42. The van der Waals surface area contributed by atoms with Crippen LogP contribution in [0.4, 0.5) is 17.3 Å². The molecule has 5 nitrogen and oxygen atoms in total. The number of aryl methyl sites for hydroxylation is 1. The molecule has 1 aliphatic rings. The van der Waals surface area contributed by atoms with Crippen LogP contribution >= 0.6 is 0 Å². The highest BCUT2D eigenvalue weighted by Crippen LogP contribution is 2.50. The van der Waals surface area contributed by atoms with Crippen molar-refractivity contribution in [3.05, 3.63) is 60.4 Å². The van der Waals surface area contributed by atoms with E-state index in [1.807, 2.05) is 24.3 Å². The third-order valence-electron chi connectivity index (χ3n) is 4.02. The first-order valence-corrected chi connectivity index (χ1v) is 8.90. The number of hydrogen-bond donors (Lipinski definition) is 0. The van der Waals surface area contributed by atoms with Crippen LogP contribution < -0.4 is 9.64 Å². The Morgan fingerprint density at radius 2 is 1.62 bits per heavy atom. The van der Waals surface area contributed by atoms with E-state index in [9.17, 15) is 8.42 Å². The minimum Gasteiger partial charge on any atom is -0.495 e. The van der Waals surface area contributed by atoms with E-state index >= 15 is 0 Å². The zero-order chi connectivity index (χ0) is 16.9. The molecule has 24 heavy (non-hydrogen) atoms. The van der Waals surface area contributed by atoms with Crippen molar-refractivity contribution in [2.75, 3.05) is 12.0 Å². The lowest BCUT2D eigenvalue weighted by Gasteiger charge is -2.30. The summed E-state index contributed by atoms with van der Waals surface area (Å²) in [6, 6.07) is 15.9. The molecule has 0 saturated carbocycles. The number of methoxy groups -OCH3 is 1. The second-order valence-corrected chi connectivity index (χ2v) is 7.39. The van der Waals surface area contributed by atoms with Gasteiger partial charge in [-0.1, -0.05) is 24.3 Å². The first-order chi connectivity index (χ1) is 11.5. The van der Waals surface area contributed by atoms with Crippen molar-refractivity contribution >= 4 is 27.1 Å². The molecule has 0 fully saturated rings. The number of para-hydroxylation sites is 3. The van der Waals surface area contributed by atoms with Crippen LogP contribution in [0.2, 0.25) is 0 Å². The van der Waals surface area contributed by atoms with E-state index in [4.69, 9.17) is 9.15 Å². The largest absolute Gasteiger partial charge is 0.495 e. The molecule has 0 amide bonds. The average Bonchev–Trinajstić information content (AvgIpc) is 2.98. The summed E-state index contributed by atoms with van der Waals surface area (Å²) in [6.07, 6.45) is 0. The van der Waals surface area contributed by atoms with E-state index in [0.29, 0.717) is 17.2 Å². The number of fused-ring (bicyclic) bond motifs is 2. The van der Waals surface area contributed by atoms with Gasteiger partial charge in [0.15, 0.2) is 0 Å². The van der Waals surface area contributed by atoms with Crippen LogP contribution in [-0.4, -0.2) is 15.5 Å². The van der Waals surface area contributed by atoms with Gasteiger partial charge >= 0.3 is 0 Å². The zero-order valence-electron chi connectivity index (χ0n) is 13.2. The van der Waals surface area contributed by atoms with Crippen molar-refractivity contribution in [3.8, 4) is 5.75 Å². The van der Waals surface area contributed by atoms with E-state index in [0.717, 1.165) is 5.69 Å². The maximum atomic E-state index is 12.9. The number of ether oxygens (including phenoxy) is 1. The van der Waals surface area contributed by atoms with Crippen LogP contribution in [0.1, 0.15) is 5.76 Å². The molecule has 3 aromatic rings. The van der Waals surface area contributed by atoms with Crippen molar-refractivity contribution in [1.82, 2.24) is 0 Å². The molecule has 0 bridgehead atoms. The van der Waals surface area contributed by atoms with Gasteiger partial charge in [-0.15, -0.1) is 0 Å². The first kappa shape index (κ1) is 14.8. The van der Waals surface area contributed by atoms with Crippen molar-refractivity contribution in [1.29, 1.82) is 0 Å². The molecular formula is C18H15NO4S. The summed E-state index contributed by atoms with van der Waals surface area (Å²) in [5, 5.41) is 0. The quantitative estimate of drug-likeness (QED) is 0.546. The van der Waals surface area contributed by atoms with Gasteiger partial charge < -0.3 is 9.15 Å². The number of rotatable bonds is 2. The fraction of sp³-hybridized carbons (Fsp3) is 0.111. The molecule has 1 aliphatic heterocycles. The van der Waals surface area contributed by atoms with Crippen LogP contribution in [0.3, 0.4) is 0 Å². The molecule has 0 spiro atoms. The summed E-state index contributed by atoms with van der Waals surface area (Å²) in [5.74, 6) is 1.46. The minimum atomic E-state index is -3.62. The fourth-order valence-corrected chi connectivity index (χ4v) is 4.59. The van der Waals surface area contributed by atoms with Gasteiger partial charge in [0.05, 0.1) is 23.4 Å². The van der Waals surface area contributed by atoms with Crippen molar-refractivity contribution < 1.29 is 17.6 Å². The second-order valence-electron chi connectivity index (χ2n) is 5.50. The summed E-state index contributed by atoms with van der Waals surface area (Å²) in [4.78, 5) is 2.21. The number of benzene rings is 2. The zero-order valence-corrected chi connectivity index (χ0v) is 14.0. The molecule has 2 aromatic carbocycles. The highest BCUT2D eigenvalue weighted by Gasteiger charge is 2.38. The molecule has 0 aliphatic carbocycles. The highest BCUT2D eigenvalue weighted by atomic mass is 32.2. The molecule has 0 atom stereocenters. The number of nitrogens with zero attached hydrogens (tertiary/aromatic N) is 1. The van der Waals surface area contributed by atoms with Gasteiger partial charge in [-0.05, 0) is 31.2 Å². The lowest BCUT2D eigenvalue weighted by molar-refractivity contribution is 0.415. The van der Waals surface area contributed by atoms with Gasteiger partial charge in [0, 0.05) is 6.07 Å². The lowest BCUT2D eigenvalue weighted by atomic mass is 10.2. The summed E-state index contributed by atoms with van der Waals surface area (Å²) in [5.41, 5.74) is 1.27. The molecule has 2 heterocycles. The molecule has 0 saturated heterocycles. The lowest BCUT2D eigenvalue weighted by Crippen LogP contribution is -2.21. The molecular weight excluding hydrogens is 326 g/mol. The van der Waals surface area contributed by atoms with E-state index in [1.54, 1.807) is 49.3 Å². The summed E-state index contributed by atoms with van der Waals surface area (Å²) in [6.45, 7) is 1.74. The third-order valence-corrected chi connectivity index (χ3v) is 5.81. The maximum Gasteiger partial charge on any atom is 0.224 e. The smallest absolute Gasteiger partial charge is 0.224 e. The maximum absolute atomic E-state index is 12.9. The molecule has 0 radical (unpaired) electrons. The van der Waals surface area contributed by atoms with Crippen LogP contribution in [0.5, 0.6) is 5.75 Å². The van der Waals surface area contributed by atoms with Gasteiger partial charge in [0.25, 0.3) is 0 Å². The van der Waals surface area contributed by atoms with Crippen molar-refractivity contribution in [2.45, 2.75) is 16.7 Å². The molecule has 0 N–H and O–H groups in total. The predicted octanol–water partition coefficient (Wildman–Crippen LogP) is 4.21. The number of sulfone groups is 1. The van der Waals surface area contributed by atoms with Crippen LogP contribution in [-0.2, 0) is 9.84 Å². The monoisotopic (exact) mass is 341 g/mol. The minimum absolute atomic E-state index is 0.171. The van der Waals surface area contributed by atoms with Crippen LogP contribution in [0.25, 0.3) is 0 Å². The Morgan fingerprint density at radius 1 is 0.958 bits per heavy atom. The SMILES string of the molecule is COc1ccccc1N1c2ccccc2S(=O)(=O)c2cc(C)oc21. The van der Waals surface area contributed by atoms with E-state index < -0.39 is 9.84 Å². The van der Waals surface area contributed by atoms with E-state index in [1.165, 1.54) is 0 Å². The molecule has 122 valence electrons. The van der Waals surface area contributed by atoms with Gasteiger partial charge in [-0.2, -0.15) is 0 Å². The topological polar surface area (TPSA) is 59.8 Å². The summed E-state index contributed by atoms with van der Waals surface area (Å²) in [7, 11) is -2.03. The number of anilines is 3. The Morgan fingerprint density at radius 3 is 2.38 bits per heavy atom. The standard InChI is InChI=1S/C18H15NO4S/c1-12-11-17-18(23-12)19(13-7-3-5-9-15(13)22-2)14-8-4-6-10-16(14)24(17,20)21/h3-11H,1-2H3. The van der Waals surface area contributed by atoms with E-state index in [-0.39, 0.29) is 15.7 Å². The van der Waals surface area contributed by atoms with Gasteiger partial charge in [-0.25, -0.2) is 8.42 Å². The van der Waals surface area contributed by atoms with Gasteiger partial charge in [-0.3, -0.25) is 4.90 Å². The average molecular weight is 341 g/mol. The predicted molar refractivity (Wildman–Crippen MR) is 90.1 cm³/mol. The third kappa shape index (κ3) is 1.96. The van der Waals surface area contributed by atoms with Crippen molar-refractivity contribution in [3.63, 3.8) is 0 Å². The second kappa shape index (κ2) is 5.14. The Labute approximate surface area is 140 Å². The van der Waals surface area contributed by atoms with E-state index in [2.05, 4.69) is 0 Å². The van der Waals surface area contributed by atoms with Gasteiger partial charge in [0.1, 0.15) is 16.4 Å². The Bertz CT molecular complexity index is 1040. The Balaban J connectivity index is 2.09. The summed E-state index contributed by atoms with van der Waals surface area (Å²) >= 11 is 0. The van der Waals surface area contributed by atoms with Crippen molar-refractivity contribution in [2.24, 2.45) is 0 Å². The molecule has 4 rings (SSSR count). The molecule has 1 aromatic heterocycles. The number of hydrogen-bond acceptors (Lipinski definition) is 5. The normalized spacial score (nSPS) is 14.8. The van der Waals surface area contributed by atoms with Crippen LogP contribution in [0.15, 0.2) is 68.8 Å². The number of furan rings is 1. The molecule has 0 unspecified atom stereocenters. The fourth-order valence-electron chi connectivity index (χ4n) is 2.98. The van der Waals surface area contributed by atoms with Crippen LogP contribution in [0, 0.1) is 6.92 Å². The Kier molecular flexibility index (Phi) is 3.18. The molecule has 6 heteroatoms. The summed E-state index contributed by atoms with van der Waals surface area (Å²) < 4.78 is 37.1. The Hall–Kier alpha value is -2.73.